The molecule has 0 spiro atoms. The van der Waals surface area contributed by atoms with Gasteiger partial charge in [0.2, 0.25) is 0 Å². The number of fused-ring (bicyclic) bond motifs is 1. The van der Waals surface area contributed by atoms with E-state index >= 15 is 0 Å². The molecule has 3 rings (SSSR count). The van der Waals surface area contributed by atoms with Gasteiger partial charge in [-0.25, -0.2) is 24.3 Å². The van der Waals surface area contributed by atoms with E-state index in [2.05, 4.69) is 15.7 Å². The fourth-order valence-corrected chi connectivity index (χ4v) is 2.60. The van der Waals surface area contributed by atoms with Gasteiger partial charge in [0, 0.05) is 18.0 Å². The average molecular weight is 354 g/mol. The number of hydrogen-bond donors (Lipinski definition) is 2. The summed E-state index contributed by atoms with van der Waals surface area (Å²) in [6.07, 6.45) is 0. The van der Waals surface area contributed by atoms with Gasteiger partial charge < -0.3 is 5.32 Å². The number of para-hydroxylation sites is 1. The number of aromatic nitrogens is 2. The van der Waals surface area contributed by atoms with Crippen molar-refractivity contribution in [3.63, 3.8) is 0 Å². The number of benzene rings is 2. The van der Waals surface area contributed by atoms with Crippen molar-refractivity contribution in [2.24, 2.45) is 0 Å². The van der Waals surface area contributed by atoms with E-state index in [0.717, 1.165) is 4.68 Å². The van der Waals surface area contributed by atoms with Crippen molar-refractivity contribution < 1.29 is 9.18 Å². The first-order chi connectivity index (χ1) is 12.5. The quantitative estimate of drug-likeness (QED) is 0.756. The van der Waals surface area contributed by atoms with Crippen LogP contribution in [-0.4, -0.2) is 15.7 Å². The van der Waals surface area contributed by atoms with Gasteiger partial charge in [-0.1, -0.05) is 44.2 Å². The topological polar surface area (TPSA) is 76.0 Å². The molecule has 3 aromatic rings. The number of nitrogens with one attached hydrogen (secondary N) is 2. The van der Waals surface area contributed by atoms with Gasteiger partial charge in [0.05, 0.1) is 10.9 Å². The van der Waals surface area contributed by atoms with Crippen molar-refractivity contribution in [2.45, 2.75) is 26.3 Å². The minimum absolute atomic E-state index is 0.00524. The Balaban J connectivity index is 1.86. The van der Waals surface area contributed by atoms with E-state index in [4.69, 9.17) is 0 Å². The molecule has 0 saturated heterocycles. The minimum Gasteiger partial charge on any atom is -0.333 e. The number of urea groups is 1. The number of nitrogens with zero attached hydrogens (tertiary/aromatic N) is 2. The van der Waals surface area contributed by atoms with E-state index in [1.165, 1.54) is 6.07 Å². The van der Waals surface area contributed by atoms with Crippen molar-refractivity contribution >= 4 is 16.9 Å². The third kappa shape index (κ3) is 3.56. The highest BCUT2D eigenvalue weighted by atomic mass is 19.1. The highest BCUT2D eigenvalue weighted by Gasteiger charge is 2.15. The molecule has 0 aliphatic rings. The SMILES string of the molecule is CC(C)c1nc2ccccc2c(=O)n1NC(=O)NCc1ccccc1F. The standard InChI is InChI=1S/C19H19FN4O2/c1-12(2)17-22-16-10-6-4-8-14(16)18(25)24(17)23-19(26)21-11-13-7-3-5-9-15(13)20/h3-10,12H,11H2,1-2H3,(H2,21,23,26). The maximum absolute atomic E-state index is 13.6. The van der Waals surface area contributed by atoms with Gasteiger partial charge in [0.1, 0.15) is 11.6 Å². The van der Waals surface area contributed by atoms with Crippen molar-refractivity contribution in [3.8, 4) is 0 Å². The van der Waals surface area contributed by atoms with Crippen molar-refractivity contribution in [3.05, 3.63) is 76.1 Å². The summed E-state index contributed by atoms with van der Waals surface area (Å²) in [6, 6.07) is 12.5. The van der Waals surface area contributed by atoms with Crippen LogP contribution in [0.3, 0.4) is 0 Å². The maximum Gasteiger partial charge on any atom is 0.334 e. The predicted molar refractivity (Wildman–Crippen MR) is 98.1 cm³/mol. The predicted octanol–water partition coefficient (Wildman–Crippen LogP) is 3.11. The molecule has 0 atom stereocenters. The number of halogens is 1. The molecule has 1 heterocycles. The Kier molecular flexibility index (Phi) is 4.97. The first kappa shape index (κ1) is 17.6. The smallest absolute Gasteiger partial charge is 0.333 e. The fourth-order valence-electron chi connectivity index (χ4n) is 2.60. The van der Waals surface area contributed by atoms with Crippen LogP contribution in [-0.2, 0) is 6.54 Å². The van der Waals surface area contributed by atoms with Crippen LogP contribution in [0.5, 0.6) is 0 Å². The van der Waals surface area contributed by atoms with E-state index in [1.54, 1.807) is 42.5 Å². The number of carbonyl (C=O) groups excluding carboxylic acids is 1. The number of hydrogen-bond acceptors (Lipinski definition) is 3. The maximum atomic E-state index is 13.6. The summed E-state index contributed by atoms with van der Waals surface area (Å²) >= 11 is 0. The molecule has 6 nitrogen and oxygen atoms in total. The minimum atomic E-state index is -0.616. The summed E-state index contributed by atoms with van der Waals surface area (Å²) in [5.41, 5.74) is 3.08. The molecule has 0 saturated carbocycles. The molecule has 0 bridgehead atoms. The van der Waals surface area contributed by atoms with E-state index in [1.807, 2.05) is 13.8 Å². The Labute approximate surface area is 149 Å². The summed E-state index contributed by atoms with van der Waals surface area (Å²) in [5.74, 6) is -0.0471. The van der Waals surface area contributed by atoms with Crippen LogP contribution in [0.2, 0.25) is 0 Å². The van der Waals surface area contributed by atoms with E-state index in [0.29, 0.717) is 22.3 Å². The molecule has 134 valence electrons. The molecule has 26 heavy (non-hydrogen) atoms. The third-order valence-corrected chi connectivity index (χ3v) is 3.93. The first-order valence-corrected chi connectivity index (χ1v) is 8.27. The summed E-state index contributed by atoms with van der Waals surface area (Å²) in [6.45, 7) is 3.77. The average Bonchev–Trinajstić information content (AvgIpc) is 2.63. The van der Waals surface area contributed by atoms with Crippen LogP contribution in [0.1, 0.15) is 31.2 Å². The van der Waals surface area contributed by atoms with Crippen molar-refractivity contribution in [2.75, 3.05) is 5.43 Å². The van der Waals surface area contributed by atoms with Gasteiger partial charge in [-0.2, -0.15) is 0 Å². The highest BCUT2D eigenvalue weighted by molar-refractivity contribution is 5.83. The normalized spacial score (nSPS) is 10.9. The molecule has 0 aliphatic carbocycles. The van der Waals surface area contributed by atoms with Gasteiger partial charge in [-0.15, -0.1) is 0 Å². The summed E-state index contributed by atoms with van der Waals surface area (Å²) in [4.78, 5) is 29.4. The highest BCUT2D eigenvalue weighted by Crippen LogP contribution is 2.14. The zero-order valence-corrected chi connectivity index (χ0v) is 14.5. The van der Waals surface area contributed by atoms with E-state index in [9.17, 15) is 14.0 Å². The second-order valence-electron chi connectivity index (χ2n) is 6.17. The van der Waals surface area contributed by atoms with Gasteiger partial charge in [0.15, 0.2) is 0 Å². The first-order valence-electron chi connectivity index (χ1n) is 8.27. The fraction of sp³-hybridized carbons (Fsp3) is 0.211. The zero-order chi connectivity index (χ0) is 18.7. The van der Waals surface area contributed by atoms with Crippen LogP contribution in [0, 0.1) is 5.82 Å². The number of amides is 2. The van der Waals surface area contributed by atoms with Gasteiger partial charge in [-0.05, 0) is 18.2 Å². The van der Waals surface area contributed by atoms with Gasteiger partial charge in [-0.3, -0.25) is 4.79 Å². The Hall–Kier alpha value is -3.22. The van der Waals surface area contributed by atoms with Gasteiger partial charge in [0.25, 0.3) is 5.56 Å². The zero-order valence-electron chi connectivity index (χ0n) is 14.5. The van der Waals surface area contributed by atoms with Gasteiger partial charge >= 0.3 is 6.03 Å². The Morgan fingerprint density at radius 2 is 1.85 bits per heavy atom. The number of rotatable bonds is 4. The molecule has 2 aromatic carbocycles. The van der Waals surface area contributed by atoms with Crippen molar-refractivity contribution in [1.82, 2.24) is 15.0 Å². The van der Waals surface area contributed by atoms with E-state index in [-0.39, 0.29) is 18.0 Å². The lowest BCUT2D eigenvalue weighted by molar-refractivity contribution is 0.248. The molecule has 0 aliphatic heterocycles. The van der Waals surface area contributed by atoms with Crippen LogP contribution in [0.25, 0.3) is 10.9 Å². The van der Waals surface area contributed by atoms with Crippen molar-refractivity contribution in [1.29, 1.82) is 0 Å². The van der Waals surface area contributed by atoms with Crippen LogP contribution in [0.4, 0.5) is 9.18 Å². The molecule has 7 heteroatoms. The molecular weight excluding hydrogens is 335 g/mol. The Bertz CT molecular complexity index is 1010. The molecule has 0 radical (unpaired) electrons. The second kappa shape index (κ2) is 7.35. The molecule has 2 N–H and O–H groups in total. The molecule has 1 aromatic heterocycles. The Morgan fingerprint density at radius 1 is 1.15 bits per heavy atom. The lowest BCUT2D eigenvalue weighted by Crippen LogP contribution is -2.41. The lowest BCUT2D eigenvalue weighted by atomic mass is 10.2. The number of carbonyl (C=O) groups is 1. The Morgan fingerprint density at radius 3 is 2.58 bits per heavy atom. The molecule has 0 unspecified atom stereocenters. The summed E-state index contributed by atoms with van der Waals surface area (Å²) in [7, 11) is 0. The molecule has 2 amide bonds. The third-order valence-electron chi connectivity index (χ3n) is 3.93. The second-order valence-corrected chi connectivity index (χ2v) is 6.17. The van der Waals surface area contributed by atoms with Crippen LogP contribution in [0.15, 0.2) is 53.3 Å². The summed E-state index contributed by atoms with van der Waals surface area (Å²) in [5, 5.41) is 2.96. The van der Waals surface area contributed by atoms with Crippen LogP contribution >= 0.6 is 0 Å². The van der Waals surface area contributed by atoms with E-state index < -0.39 is 11.8 Å². The lowest BCUT2D eigenvalue weighted by Gasteiger charge is -2.17. The summed E-state index contributed by atoms with van der Waals surface area (Å²) < 4.78 is 14.8. The largest absolute Gasteiger partial charge is 0.334 e. The monoisotopic (exact) mass is 354 g/mol. The molecular formula is C19H19FN4O2. The molecule has 0 fully saturated rings. The van der Waals surface area contributed by atoms with Crippen LogP contribution < -0.4 is 16.3 Å².